The molecule has 1 heterocycles. The van der Waals surface area contributed by atoms with Crippen molar-refractivity contribution in [1.82, 2.24) is 15.3 Å². The van der Waals surface area contributed by atoms with Crippen molar-refractivity contribution in [3.05, 3.63) is 24.0 Å². The van der Waals surface area contributed by atoms with Gasteiger partial charge in [0.1, 0.15) is 11.6 Å². The molecule has 0 saturated carbocycles. The fraction of sp³-hybridized carbons (Fsp3) is 0.429. The van der Waals surface area contributed by atoms with Crippen molar-refractivity contribution in [3.63, 3.8) is 0 Å². The number of nitrogens with two attached hydrogens (primary N) is 1. The highest BCUT2D eigenvalue weighted by Crippen LogP contribution is 2.18. The zero-order chi connectivity index (χ0) is 15.2. The number of carbonyl (C=O) groups is 1. The Bertz CT molecular complexity index is 624. The lowest BCUT2D eigenvalue weighted by atomic mass is 10.2. The van der Waals surface area contributed by atoms with E-state index in [-0.39, 0.29) is 30.7 Å². The highest BCUT2D eigenvalue weighted by molar-refractivity contribution is 7.98. The number of aromatic amines is 1. The van der Waals surface area contributed by atoms with Gasteiger partial charge in [-0.25, -0.2) is 4.98 Å². The Morgan fingerprint density at radius 3 is 2.87 bits per heavy atom. The number of thioether (sulfide) groups is 1. The number of fused-ring (bicyclic) bond motifs is 1. The molecule has 0 unspecified atom stereocenters. The maximum atomic E-state index is 11.8. The van der Waals surface area contributed by atoms with Gasteiger partial charge in [0.15, 0.2) is 0 Å². The second-order valence-corrected chi connectivity index (χ2v) is 5.66. The van der Waals surface area contributed by atoms with Gasteiger partial charge in [-0.05, 0) is 30.6 Å². The number of nitrogens with one attached hydrogen (secondary N) is 2. The third kappa shape index (κ3) is 6.10. The second kappa shape index (κ2) is 10.6. The molecule has 9 heteroatoms. The molecule has 0 radical (unpaired) electrons. The smallest absolute Gasteiger partial charge is 0.237 e. The lowest BCUT2D eigenvalue weighted by Crippen LogP contribution is -2.40. The van der Waals surface area contributed by atoms with Gasteiger partial charge >= 0.3 is 0 Å². The summed E-state index contributed by atoms with van der Waals surface area (Å²) < 4.78 is 5.16. The molecule has 0 aliphatic heterocycles. The van der Waals surface area contributed by atoms with Gasteiger partial charge in [-0.3, -0.25) is 4.79 Å². The first-order chi connectivity index (χ1) is 10.1. The van der Waals surface area contributed by atoms with E-state index in [9.17, 15) is 4.79 Å². The molecule has 1 atom stereocenters. The molecule has 0 bridgehead atoms. The Morgan fingerprint density at radius 1 is 1.48 bits per heavy atom. The van der Waals surface area contributed by atoms with Crippen LogP contribution < -0.4 is 15.8 Å². The van der Waals surface area contributed by atoms with E-state index >= 15 is 0 Å². The van der Waals surface area contributed by atoms with Gasteiger partial charge in [0, 0.05) is 6.07 Å². The van der Waals surface area contributed by atoms with Gasteiger partial charge in [-0.15, -0.1) is 24.8 Å². The van der Waals surface area contributed by atoms with E-state index in [4.69, 9.17) is 10.5 Å². The number of benzene rings is 1. The average Bonchev–Trinajstić information content (AvgIpc) is 2.91. The molecule has 1 amide bonds. The number of hydrogen-bond acceptors (Lipinski definition) is 5. The van der Waals surface area contributed by atoms with E-state index in [1.54, 1.807) is 18.9 Å². The molecule has 1 aromatic heterocycles. The van der Waals surface area contributed by atoms with Crippen LogP contribution in [0.4, 0.5) is 0 Å². The van der Waals surface area contributed by atoms with Crippen LogP contribution in [0.15, 0.2) is 18.2 Å². The number of rotatable bonds is 7. The molecule has 2 aromatic rings. The molecule has 1 aromatic carbocycles. The van der Waals surface area contributed by atoms with Gasteiger partial charge in [0.25, 0.3) is 0 Å². The minimum absolute atomic E-state index is 0. The normalized spacial score (nSPS) is 11.3. The van der Waals surface area contributed by atoms with Crippen LogP contribution in [0.25, 0.3) is 11.0 Å². The fourth-order valence-electron chi connectivity index (χ4n) is 1.93. The van der Waals surface area contributed by atoms with E-state index in [0.29, 0.717) is 18.8 Å². The van der Waals surface area contributed by atoms with E-state index in [1.165, 1.54) is 0 Å². The highest BCUT2D eigenvalue weighted by atomic mass is 35.5. The summed E-state index contributed by atoms with van der Waals surface area (Å²) in [5.74, 6) is 2.19. The van der Waals surface area contributed by atoms with Crippen molar-refractivity contribution in [3.8, 4) is 5.75 Å². The Balaban J connectivity index is 0.00000242. The maximum absolute atomic E-state index is 11.8. The van der Waals surface area contributed by atoms with Gasteiger partial charge in [0.05, 0.1) is 30.7 Å². The molecular formula is C14H22Cl2N4O2S. The summed E-state index contributed by atoms with van der Waals surface area (Å²) in [4.78, 5) is 19.4. The first-order valence-corrected chi connectivity index (χ1v) is 8.08. The second-order valence-electron chi connectivity index (χ2n) is 4.67. The number of methoxy groups -OCH3 is 1. The Kier molecular flexibility index (Phi) is 10.1. The number of nitrogens with zero attached hydrogens (tertiary/aromatic N) is 1. The van der Waals surface area contributed by atoms with Crippen LogP contribution in [-0.4, -0.2) is 41.0 Å². The predicted molar refractivity (Wildman–Crippen MR) is 100.0 cm³/mol. The summed E-state index contributed by atoms with van der Waals surface area (Å²) in [7, 11) is 1.62. The molecule has 6 nitrogen and oxygen atoms in total. The van der Waals surface area contributed by atoms with Crippen LogP contribution in [0.5, 0.6) is 5.75 Å². The Morgan fingerprint density at radius 2 is 2.22 bits per heavy atom. The largest absolute Gasteiger partial charge is 0.497 e. The summed E-state index contributed by atoms with van der Waals surface area (Å²) in [5.41, 5.74) is 7.53. The van der Waals surface area contributed by atoms with Crippen molar-refractivity contribution in [2.75, 3.05) is 19.1 Å². The monoisotopic (exact) mass is 380 g/mol. The standard InChI is InChI=1S/C14H20N4O2S.2ClH/c1-20-9-3-4-11-12(7-9)18-13(17-11)8-16-14(19)10(15)5-6-21-2;;/h3-4,7,10H,5-6,8,15H2,1-2H3,(H,16,19)(H,17,18);2*1H/t10-;;/m0../s1. The summed E-state index contributed by atoms with van der Waals surface area (Å²) >= 11 is 1.68. The zero-order valence-electron chi connectivity index (χ0n) is 13.0. The fourth-order valence-corrected chi connectivity index (χ4v) is 2.42. The Labute approximate surface area is 152 Å². The van der Waals surface area contributed by atoms with Crippen LogP contribution in [0.2, 0.25) is 0 Å². The summed E-state index contributed by atoms with van der Waals surface area (Å²) in [6, 6.07) is 5.13. The quantitative estimate of drug-likeness (QED) is 0.683. The van der Waals surface area contributed by atoms with E-state index < -0.39 is 6.04 Å². The minimum atomic E-state index is -0.470. The van der Waals surface area contributed by atoms with Gasteiger partial charge in [-0.1, -0.05) is 0 Å². The van der Waals surface area contributed by atoms with E-state index in [1.807, 2.05) is 24.5 Å². The number of amides is 1. The molecule has 130 valence electrons. The van der Waals surface area contributed by atoms with Crippen LogP contribution in [-0.2, 0) is 11.3 Å². The third-order valence-electron chi connectivity index (χ3n) is 3.14. The van der Waals surface area contributed by atoms with Crippen LogP contribution in [0.1, 0.15) is 12.2 Å². The zero-order valence-corrected chi connectivity index (χ0v) is 15.4. The molecule has 2 rings (SSSR count). The number of carbonyl (C=O) groups excluding carboxylic acids is 1. The van der Waals surface area contributed by atoms with Crippen molar-refractivity contribution in [2.24, 2.45) is 5.73 Å². The van der Waals surface area contributed by atoms with Gasteiger partial charge < -0.3 is 20.8 Å². The number of hydrogen-bond donors (Lipinski definition) is 3. The molecule has 0 saturated heterocycles. The molecule has 23 heavy (non-hydrogen) atoms. The van der Waals surface area contributed by atoms with Gasteiger partial charge in [-0.2, -0.15) is 11.8 Å². The number of H-pyrrole nitrogens is 1. The molecule has 0 fully saturated rings. The van der Waals surface area contributed by atoms with Crippen molar-refractivity contribution >= 4 is 53.5 Å². The number of imidazole rings is 1. The average molecular weight is 381 g/mol. The minimum Gasteiger partial charge on any atom is -0.497 e. The SMILES string of the molecule is COc1ccc2nc(CNC(=O)[C@@H](N)CCSC)[nH]c2c1.Cl.Cl. The summed E-state index contributed by atoms with van der Waals surface area (Å²) in [6.07, 6.45) is 2.66. The van der Waals surface area contributed by atoms with E-state index in [2.05, 4.69) is 15.3 Å². The molecule has 0 spiro atoms. The number of halogens is 2. The predicted octanol–water partition coefficient (Wildman–Crippen LogP) is 2.11. The van der Waals surface area contributed by atoms with Crippen molar-refractivity contribution in [1.29, 1.82) is 0 Å². The van der Waals surface area contributed by atoms with Crippen LogP contribution in [0, 0.1) is 0 Å². The van der Waals surface area contributed by atoms with E-state index in [0.717, 1.165) is 22.5 Å². The Hall–Kier alpha value is -1.15. The maximum Gasteiger partial charge on any atom is 0.237 e. The first-order valence-electron chi connectivity index (χ1n) is 6.69. The summed E-state index contributed by atoms with van der Waals surface area (Å²) in [6.45, 7) is 0.336. The first kappa shape index (κ1) is 21.9. The van der Waals surface area contributed by atoms with Crippen molar-refractivity contribution in [2.45, 2.75) is 19.0 Å². The lowest BCUT2D eigenvalue weighted by Gasteiger charge is -2.10. The summed E-state index contributed by atoms with van der Waals surface area (Å²) in [5, 5.41) is 2.80. The molecular weight excluding hydrogens is 359 g/mol. The number of ether oxygens (including phenoxy) is 1. The van der Waals surface area contributed by atoms with Crippen LogP contribution in [0.3, 0.4) is 0 Å². The molecule has 0 aliphatic rings. The van der Waals surface area contributed by atoms with Gasteiger partial charge in [0.2, 0.25) is 5.91 Å². The van der Waals surface area contributed by atoms with Crippen molar-refractivity contribution < 1.29 is 9.53 Å². The number of aromatic nitrogens is 2. The third-order valence-corrected chi connectivity index (χ3v) is 3.78. The topological polar surface area (TPSA) is 93.0 Å². The highest BCUT2D eigenvalue weighted by Gasteiger charge is 2.13. The molecule has 4 N–H and O–H groups in total. The lowest BCUT2D eigenvalue weighted by molar-refractivity contribution is -0.122. The molecule has 0 aliphatic carbocycles. The van der Waals surface area contributed by atoms with Crippen LogP contribution >= 0.6 is 36.6 Å².